The number of nitrogens with zero attached hydrogens (tertiary/aromatic N) is 3. The Balaban J connectivity index is 2.16. The van der Waals surface area contributed by atoms with Gasteiger partial charge in [-0.1, -0.05) is 4.49 Å². The number of hydrogen-bond donors (Lipinski definition) is 0. The van der Waals surface area contributed by atoms with Gasteiger partial charge in [0.2, 0.25) is 0 Å². The number of aromatic nitrogens is 2. The van der Waals surface area contributed by atoms with Gasteiger partial charge in [0.1, 0.15) is 4.88 Å². The molecule has 1 aliphatic rings. The lowest BCUT2D eigenvalue weighted by atomic mass is 10.2. The molecule has 1 aromatic rings. The van der Waals surface area contributed by atoms with Crippen molar-refractivity contribution in [1.82, 2.24) is 14.5 Å². The molecule has 2 rings (SSSR count). The Hall–Kier alpha value is -1.54. The van der Waals surface area contributed by atoms with E-state index in [4.69, 9.17) is 4.74 Å². The Kier molecular flexibility index (Phi) is 3.64. The number of hydrogen-bond acceptors (Lipinski definition) is 7. The maximum Gasteiger partial charge on any atom is 0.331 e. The molecule has 1 aromatic heterocycles. The topological polar surface area (TPSA) is 81.6 Å². The zero-order chi connectivity index (χ0) is 12.3. The Morgan fingerprint density at radius 1 is 1.65 bits per heavy atom. The van der Waals surface area contributed by atoms with Gasteiger partial charge in [-0.05, 0) is 11.5 Å². The van der Waals surface area contributed by atoms with Gasteiger partial charge in [-0.15, -0.1) is 5.10 Å². The number of methoxy groups -OCH3 is 1. The van der Waals surface area contributed by atoms with E-state index < -0.39 is 12.0 Å². The summed E-state index contributed by atoms with van der Waals surface area (Å²) in [7, 11) is 1.29. The summed E-state index contributed by atoms with van der Waals surface area (Å²) in [4.78, 5) is 25.5. The summed E-state index contributed by atoms with van der Waals surface area (Å²) in [5.74, 6) is -0.741. The summed E-state index contributed by atoms with van der Waals surface area (Å²) >= 11 is 1.00. The summed E-state index contributed by atoms with van der Waals surface area (Å²) in [6.07, 6.45) is 1.39. The van der Waals surface area contributed by atoms with Gasteiger partial charge >= 0.3 is 5.97 Å². The van der Waals surface area contributed by atoms with Crippen molar-refractivity contribution >= 4 is 23.4 Å². The summed E-state index contributed by atoms with van der Waals surface area (Å²) < 4.78 is 13.5. The first-order valence-corrected chi connectivity index (χ1v) is 5.75. The van der Waals surface area contributed by atoms with Crippen molar-refractivity contribution in [1.29, 1.82) is 0 Å². The summed E-state index contributed by atoms with van der Waals surface area (Å²) in [5.41, 5.74) is 0. The SMILES string of the molecule is COC(=O)C1COCCN1C(=O)c1cnns1. The molecule has 1 unspecified atom stereocenters. The molecule has 92 valence electrons. The molecule has 0 saturated carbocycles. The van der Waals surface area contributed by atoms with E-state index in [1.165, 1.54) is 18.2 Å². The Labute approximate surface area is 101 Å². The third kappa shape index (κ3) is 2.42. The van der Waals surface area contributed by atoms with Gasteiger partial charge in [0, 0.05) is 6.54 Å². The maximum absolute atomic E-state index is 12.1. The van der Waals surface area contributed by atoms with Crippen LogP contribution in [-0.2, 0) is 14.3 Å². The van der Waals surface area contributed by atoms with Gasteiger partial charge in [0.05, 0.1) is 26.5 Å². The van der Waals surface area contributed by atoms with E-state index >= 15 is 0 Å². The van der Waals surface area contributed by atoms with E-state index in [0.717, 1.165) is 11.5 Å². The summed E-state index contributed by atoms with van der Waals surface area (Å²) in [6.45, 7) is 0.923. The molecule has 17 heavy (non-hydrogen) atoms. The maximum atomic E-state index is 12.1. The molecule has 0 aromatic carbocycles. The van der Waals surface area contributed by atoms with Crippen LogP contribution in [0.15, 0.2) is 6.20 Å². The monoisotopic (exact) mass is 257 g/mol. The standard InChI is InChI=1S/C9H11N3O4S/c1-15-9(14)6-5-16-3-2-12(6)8(13)7-4-10-11-17-7/h4,6H,2-3,5H2,1H3. The van der Waals surface area contributed by atoms with E-state index in [0.29, 0.717) is 18.0 Å². The highest BCUT2D eigenvalue weighted by Crippen LogP contribution is 2.14. The molecule has 8 heteroatoms. The lowest BCUT2D eigenvalue weighted by Crippen LogP contribution is -2.52. The molecule has 0 radical (unpaired) electrons. The normalized spacial score (nSPS) is 20.1. The third-order valence-electron chi connectivity index (χ3n) is 2.43. The average molecular weight is 257 g/mol. The number of carbonyl (C=O) groups is 2. The van der Waals surface area contributed by atoms with Crippen LogP contribution < -0.4 is 0 Å². The molecule has 7 nitrogen and oxygen atoms in total. The minimum Gasteiger partial charge on any atom is -0.467 e. The van der Waals surface area contributed by atoms with Crippen LogP contribution in [0.3, 0.4) is 0 Å². The number of rotatable bonds is 2. The Bertz CT molecular complexity index is 408. The minimum absolute atomic E-state index is 0.157. The molecular formula is C9H11N3O4S. The summed E-state index contributed by atoms with van der Waals surface area (Å²) in [5, 5.41) is 3.60. The van der Waals surface area contributed by atoms with Crippen LogP contribution in [0.1, 0.15) is 9.67 Å². The van der Waals surface area contributed by atoms with Crippen molar-refractivity contribution in [3.63, 3.8) is 0 Å². The van der Waals surface area contributed by atoms with Crippen molar-refractivity contribution in [2.75, 3.05) is 26.9 Å². The van der Waals surface area contributed by atoms with Crippen LogP contribution in [0.5, 0.6) is 0 Å². The smallest absolute Gasteiger partial charge is 0.331 e. The highest BCUT2D eigenvalue weighted by Gasteiger charge is 2.34. The van der Waals surface area contributed by atoms with E-state index in [1.54, 1.807) is 0 Å². The van der Waals surface area contributed by atoms with Crippen LogP contribution in [-0.4, -0.2) is 59.3 Å². The number of esters is 1. The van der Waals surface area contributed by atoms with Gasteiger partial charge in [-0.3, -0.25) is 4.79 Å². The van der Waals surface area contributed by atoms with Crippen LogP contribution in [0.4, 0.5) is 0 Å². The third-order valence-corrected chi connectivity index (χ3v) is 3.09. The predicted octanol–water partition coefficient (Wildman–Crippen LogP) is -0.448. The fourth-order valence-electron chi connectivity index (χ4n) is 1.58. The molecule has 1 amide bonds. The molecular weight excluding hydrogens is 246 g/mol. The number of carbonyl (C=O) groups excluding carboxylic acids is 2. The largest absolute Gasteiger partial charge is 0.467 e. The Morgan fingerprint density at radius 3 is 3.12 bits per heavy atom. The second-order valence-corrected chi connectivity index (χ2v) is 4.18. The van der Waals surface area contributed by atoms with E-state index in [2.05, 4.69) is 14.3 Å². The van der Waals surface area contributed by atoms with Crippen molar-refractivity contribution < 1.29 is 19.1 Å². The second-order valence-electron chi connectivity index (χ2n) is 3.39. The molecule has 1 saturated heterocycles. The Morgan fingerprint density at radius 2 is 2.47 bits per heavy atom. The number of ether oxygens (including phenoxy) is 2. The number of amides is 1. The first-order valence-electron chi connectivity index (χ1n) is 4.98. The first kappa shape index (κ1) is 11.9. The van der Waals surface area contributed by atoms with Crippen molar-refractivity contribution in [3.05, 3.63) is 11.1 Å². The molecule has 0 N–H and O–H groups in total. The molecule has 0 spiro atoms. The summed E-state index contributed by atoms with van der Waals surface area (Å²) in [6, 6.07) is -0.691. The van der Waals surface area contributed by atoms with Gasteiger partial charge in [0.25, 0.3) is 5.91 Å². The average Bonchev–Trinajstić information content (AvgIpc) is 2.91. The molecule has 1 aliphatic heterocycles. The van der Waals surface area contributed by atoms with E-state index in [9.17, 15) is 9.59 Å². The van der Waals surface area contributed by atoms with Crippen LogP contribution in [0, 0.1) is 0 Å². The molecule has 0 aliphatic carbocycles. The van der Waals surface area contributed by atoms with Gasteiger partial charge < -0.3 is 14.4 Å². The predicted molar refractivity (Wildman–Crippen MR) is 57.6 cm³/mol. The van der Waals surface area contributed by atoms with Gasteiger partial charge in [-0.2, -0.15) is 0 Å². The minimum atomic E-state index is -0.691. The lowest BCUT2D eigenvalue weighted by molar-refractivity contribution is -0.151. The second kappa shape index (κ2) is 5.19. The van der Waals surface area contributed by atoms with E-state index in [1.807, 2.05) is 0 Å². The first-order chi connectivity index (χ1) is 8.24. The quantitative estimate of drug-likeness (QED) is 0.668. The highest BCUT2D eigenvalue weighted by atomic mass is 32.1. The number of morpholine rings is 1. The zero-order valence-corrected chi connectivity index (χ0v) is 9.98. The van der Waals surface area contributed by atoms with Crippen molar-refractivity contribution in [2.45, 2.75) is 6.04 Å². The highest BCUT2D eigenvalue weighted by molar-refractivity contribution is 7.07. The molecule has 1 atom stereocenters. The van der Waals surface area contributed by atoms with Gasteiger partial charge in [-0.25, -0.2) is 4.79 Å². The molecule has 0 bridgehead atoms. The van der Waals surface area contributed by atoms with Crippen LogP contribution >= 0.6 is 11.5 Å². The lowest BCUT2D eigenvalue weighted by Gasteiger charge is -2.33. The molecule has 2 heterocycles. The van der Waals surface area contributed by atoms with Crippen LogP contribution in [0.2, 0.25) is 0 Å². The van der Waals surface area contributed by atoms with Crippen molar-refractivity contribution in [3.8, 4) is 0 Å². The van der Waals surface area contributed by atoms with Gasteiger partial charge in [0.15, 0.2) is 6.04 Å². The zero-order valence-electron chi connectivity index (χ0n) is 9.16. The van der Waals surface area contributed by atoms with Crippen LogP contribution in [0.25, 0.3) is 0 Å². The fourth-order valence-corrected chi connectivity index (χ4v) is 2.05. The van der Waals surface area contributed by atoms with E-state index in [-0.39, 0.29) is 12.5 Å². The molecule has 1 fully saturated rings. The van der Waals surface area contributed by atoms with Crippen molar-refractivity contribution in [2.24, 2.45) is 0 Å². The fraction of sp³-hybridized carbons (Fsp3) is 0.556.